The highest BCUT2D eigenvalue weighted by atomic mass is 16.6. The summed E-state index contributed by atoms with van der Waals surface area (Å²) in [5, 5.41) is 0. The summed E-state index contributed by atoms with van der Waals surface area (Å²) in [5.41, 5.74) is 5.48. The van der Waals surface area contributed by atoms with E-state index in [0.29, 0.717) is 13.2 Å². The minimum atomic E-state index is -0.190. The first-order valence-corrected chi connectivity index (χ1v) is 5.01. The Bertz CT molecular complexity index is 153. The molecule has 0 spiro atoms. The van der Waals surface area contributed by atoms with E-state index in [2.05, 4.69) is 4.84 Å². The molecule has 0 heterocycles. The van der Waals surface area contributed by atoms with E-state index in [4.69, 9.17) is 16.4 Å². The van der Waals surface area contributed by atoms with Gasteiger partial charge >= 0.3 is 0 Å². The van der Waals surface area contributed by atoms with Gasteiger partial charge in [0.25, 0.3) is 0 Å². The smallest absolute Gasteiger partial charge is 0.0706 e. The van der Waals surface area contributed by atoms with Crippen LogP contribution in [0.2, 0.25) is 0 Å². The van der Waals surface area contributed by atoms with Gasteiger partial charge in [-0.05, 0) is 34.1 Å². The molecular weight excluding hydrogens is 180 g/mol. The van der Waals surface area contributed by atoms with Gasteiger partial charge in [0.05, 0.1) is 12.2 Å². The SMILES string of the molecule is CC(C)(N)CCOC(C)(C)CCON. The third-order valence-corrected chi connectivity index (χ3v) is 2.06. The molecule has 4 N–H and O–H groups in total. The van der Waals surface area contributed by atoms with E-state index in [1.165, 1.54) is 0 Å². The van der Waals surface area contributed by atoms with Crippen LogP contribution >= 0.6 is 0 Å². The molecule has 0 aromatic carbocycles. The fraction of sp³-hybridized carbons (Fsp3) is 1.00. The Morgan fingerprint density at radius 1 is 1.00 bits per heavy atom. The zero-order valence-electron chi connectivity index (χ0n) is 9.80. The largest absolute Gasteiger partial charge is 0.375 e. The molecule has 0 aromatic rings. The van der Waals surface area contributed by atoms with E-state index in [-0.39, 0.29) is 11.1 Å². The second kappa shape index (κ2) is 5.66. The van der Waals surface area contributed by atoms with Crippen LogP contribution in [-0.2, 0) is 9.57 Å². The lowest BCUT2D eigenvalue weighted by atomic mass is 10.0. The third kappa shape index (κ3) is 8.44. The van der Waals surface area contributed by atoms with Gasteiger partial charge in [0.15, 0.2) is 0 Å². The van der Waals surface area contributed by atoms with Crippen LogP contribution in [0.25, 0.3) is 0 Å². The molecule has 0 unspecified atom stereocenters. The molecule has 0 aliphatic rings. The molecule has 0 rings (SSSR count). The van der Waals surface area contributed by atoms with Gasteiger partial charge in [-0.2, -0.15) is 0 Å². The van der Waals surface area contributed by atoms with E-state index in [1.54, 1.807) is 0 Å². The highest BCUT2D eigenvalue weighted by Crippen LogP contribution is 2.16. The fourth-order valence-corrected chi connectivity index (χ4v) is 0.967. The van der Waals surface area contributed by atoms with E-state index in [1.807, 2.05) is 27.7 Å². The van der Waals surface area contributed by atoms with Crippen LogP contribution in [0.4, 0.5) is 0 Å². The van der Waals surface area contributed by atoms with Gasteiger partial charge in [-0.3, -0.25) is 0 Å². The van der Waals surface area contributed by atoms with Crippen molar-refractivity contribution in [3.05, 3.63) is 0 Å². The first-order valence-electron chi connectivity index (χ1n) is 5.01. The number of nitrogens with two attached hydrogens (primary N) is 2. The zero-order chi connectivity index (χ0) is 11.2. The second-order valence-electron chi connectivity index (χ2n) is 4.97. The Hall–Kier alpha value is -0.160. The van der Waals surface area contributed by atoms with E-state index in [9.17, 15) is 0 Å². The van der Waals surface area contributed by atoms with Crippen molar-refractivity contribution >= 4 is 0 Å². The van der Waals surface area contributed by atoms with E-state index in [0.717, 1.165) is 12.8 Å². The van der Waals surface area contributed by atoms with Crippen LogP contribution in [-0.4, -0.2) is 24.4 Å². The molecule has 0 aromatic heterocycles. The van der Waals surface area contributed by atoms with Crippen molar-refractivity contribution in [2.45, 2.75) is 51.7 Å². The number of hydrogen-bond donors (Lipinski definition) is 2. The summed E-state index contributed by atoms with van der Waals surface area (Å²) in [7, 11) is 0. The lowest BCUT2D eigenvalue weighted by Crippen LogP contribution is -2.35. The molecule has 0 radical (unpaired) electrons. The summed E-state index contributed by atoms with van der Waals surface area (Å²) >= 11 is 0. The fourth-order valence-electron chi connectivity index (χ4n) is 0.967. The molecule has 0 aliphatic carbocycles. The van der Waals surface area contributed by atoms with Crippen molar-refractivity contribution in [2.24, 2.45) is 11.6 Å². The zero-order valence-corrected chi connectivity index (χ0v) is 9.80. The maximum Gasteiger partial charge on any atom is 0.0706 e. The summed E-state index contributed by atoms with van der Waals surface area (Å²) in [5.74, 6) is 4.96. The molecule has 0 amide bonds. The first kappa shape index (κ1) is 13.8. The Labute approximate surface area is 86.9 Å². The quantitative estimate of drug-likeness (QED) is 0.611. The molecule has 86 valence electrons. The molecule has 0 saturated carbocycles. The molecule has 4 nitrogen and oxygen atoms in total. The summed E-state index contributed by atoms with van der Waals surface area (Å²) in [6.45, 7) is 9.21. The molecule has 0 saturated heterocycles. The molecule has 14 heavy (non-hydrogen) atoms. The Morgan fingerprint density at radius 2 is 1.57 bits per heavy atom. The maximum absolute atomic E-state index is 5.84. The van der Waals surface area contributed by atoms with Crippen molar-refractivity contribution in [1.82, 2.24) is 0 Å². The lowest BCUT2D eigenvalue weighted by Gasteiger charge is -2.27. The summed E-state index contributed by atoms with van der Waals surface area (Å²) < 4.78 is 5.69. The normalized spacial score (nSPS) is 13.3. The van der Waals surface area contributed by atoms with Gasteiger partial charge in [-0.1, -0.05) is 0 Å². The van der Waals surface area contributed by atoms with Gasteiger partial charge in [0.2, 0.25) is 0 Å². The average Bonchev–Trinajstić information content (AvgIpc) is 1.98. The Kier molecular flexibility index (Phi) is 5.59. The molecule has 0 atom stereocenters. The van der Waals surface area contributed by atoms with Gasteiger partial charge in [0.1, 0.15) is 0 Å². The summed E-state index contributed by atoms with van der Waals surface area (Å²) in [4.78, 5) is 4.52. The van der Waals surface area contributed by atoms with Crippen molar-refractivity contribution in [3.63, 3.8) is 0 Å². The maximum atomic E-state index is 5.84. The predicted octanol–water partition coefficient (Wildman–Crippen LogP) is 1.19. The van der Waals surface area contributed by atoms with Crippen LogP contribution in [0, 0.1) is 0 Å². The number of hydrogen-bond acceptors (Lipinski definition) is 4. The summed E-state index contributed by atoms with van der Waals surface area (Å²) in [6.07, 6.45) is 1.63. The lowest BCUT2D eigenvalue weighted by molar-refractivity contribution is -0.0456. The molecule has 0 fully saturated rings. The highest BCUT2D eigenvalue weighted by molar-refractivity contribution is 4.73. The molecular formula is C10H24N2O2. The molecule has 0 aliphatic heterocycles. The minimum Gasteiger partial charge on any atom is -0.375 e. The minimum absolute atomic E-state index is 0.166. The third-order valence-electron chi connectivity index (χ3n) is 2.06. The van der Waals surface area contributed by atoms with Crippen molar-refractivity contribution in [3.8, 4) is 0 Å². The second-order valence-corrected chi connectivity index (χ2v) is 4.97. The first-order chi connectivity index (χ1) is 6.27. The Morgan fingerprint density at radius 3 is 2.00 bits per heavy atom. The molecule has 0 bridgehead atoms. The molecule has 4 heteroatoms. The van der Waals surface area contributed by atoms with Gasteiger partial charge in [-0.15, -0.1) is 0 Å². The van der Waals surface area contributed by atoms with Gasteiger partial charge in [-0.25, -0.2) is 5.90 Å². The monoisotopic (exact) mass is 204 g/mol. The van der Waals surface area contributed by atoms with E-state index < -0.39 is 0 Å². The Balaban J connectivity index is 3.65. The predicted molar refractivity (Wildman–Crippen MR) is 57.7 cm³/mol. The van der Waals surface area contributed by atoms with Gasteiger partial charge < -0.3 is 15.3 Å². The van der Waals surface area contributed by atoms with Crippen LogP contribution in [0.3, 0.4) is 0 Å². The van der Waals surface area contributed by atoms with Crippen molar-refractivity contribution in [1.29, 1.82) is 0 Å². The van der Waals surface area contributed by atoms with Crippen LogP contribution in [0.1, 0.15) is 40.5 Å². The number of ether oxygens (including phenoxy) is 1. The highest BCUT2D eigenvalue weighted by Gasteiger charge is 2.19. The van der Waals surface area contributed by atoms with E-state index >= 15 is 0 Å². The van der Waals surface area contributed by atoms with Gasteiger partial charge in [0, 0.05) is 18.6 Å². The number of rotatable bonds is 7. The van der Waals surface area contributed by atoms with Crippen molar-refractivity contribution in [2.75, 3.05) is 13.2 Å². The standard InChI is InChI=1S/C10H24N2O2/c1-9(2,11)5-7-13-10(3,4)6-8-14-12/h5-8,11-12H2,1-4H3. The van der Waals surface area contributed by atoms with Crippen molar-refractivity contribution < 1.29 is 9.57 Å². The van der Waals surface area contributed by atoms with Crippen LogP contribution in [0.15, 0.2) is 0 Å². The summed E-state index contributed by atoms with van der Waals surface area (Å²) in [6, 6.07) is 0. The van der Waals surface area contributed by atoms with Crippen LogP contribution in [0.5, 0.6) is 0 Å². The topological polar surface area (TPSA) is 70.5 Å². The van der Waals surface area contributed by atoms with Crippen LogP contribution < -0.4 is 11.6 Å². The average molecular weight is 204 g/mol.